The van der Waals surface area contributed by atoms with Gasteiger partial charge >= 0.3 is 0 Å². The Morgan fingerprint density at radius 3 is 2.55 bits per heavy atom. The minimum atomic E-state index is 0.120. The van der Waals surface area contributed by atoms with Crippen LogP contribution in [0.15, 0.2) is 24.4 Å². The summed E-state index contributed by atoms with van der Waals surface area (Å²) in [6.45, 7) is 8.31. The van der Waals surface area contributed by atoms with E-state index in [0.29, 0.717) is 19.0 Å². The molecule has 2 saturated heterocycles. The Morgan fingerprint density at radius 1 is 1.07 bits per heavy atom. The third kappa shape index (κ3) is 4.82. The number of pyridine rings is 1. The monoisotopic (exact) mass is 396 g/mol. The van der Waals surface area contributed by atoms with Crippen molar-refractivity contribution in [3.8, 4) is 0 Å². The number of aromatic nitrogens is 3. The van der Waals surface area contributed by atoms with Gasteiger partial charge in [0.2, 0.25) is 5.91 Å². The molecule has 8 heteroatoms. The first kappa shape index (κ1) is 19.6. The summed E-state index contributed by atoms with van der Waals surface area (Å²) in [6.07, 6.45) is 3.46. The van der Waals surface area contributed by atoms with Crippen LogP contribution in [0.3, 0.4) is 0 Å². The van der Waals surface area contributed by atoms with E-state index in [9.17, 15) is 4.79 Å². The number of ether oxygens (including phenoxy) is 1. The van der Waals surface area contributed by atoms with Crippen molar-refractivity contribution in [1.29, 1.82) is 0 Å². The molecule has 0 bridgehead atoms. The number of hydrogen-bond donors (Lipinski definition) is 1. The molecule has 0 saturated carbocycles. The zero-order valence-corrected chi connectivity index (χ0v) is 17.1. The van der Waals surface area contributed by atoms with E-state index < -0.39 is 0 Å². The van der Waals surface area contributed by atoms with Gasteiger partial charge in [-0.25, -0.2) is 15.0 Å². The summed E-state index contributed by atoms with van der Waals surface area (Å²) in [5.74, 6) is 3.48. The van der Waals surface area contributed by atoms with Crippen molar-refractivity contribution in [2.45, 2.75) is 26.7 Å². The third-order valence-electron chi connectivity index (χ3n) is 5.48. The van der Waals surface area contributed by atoms with Gasteiger partial charge in [-0.1, -0.05) is 0 Å². The van der Waals surface area contributed by atoms with Crippen molar-refractivity contribution < 1.29 is 9.53 Å². The van der Waals surface area contributed by atoms with Crippen LogP contribution in [0.25, 0.3) is 0 Å². The fourth-order valence-corrected chi connectivity index (χ4v) is 3.87. The van der Waals surface area contributed by atoms with Gasteiger partial charge in [-0.15, -0.1) is 0 Å². The summed E-state index contributed by atoms with van der Waals surface area (Å²) in [5.41, 5.74) is 1.14. The minimum absolute atomic E-state index is 0.120. The quantitative estimate of drug-likeness (QED) is 0.849. The molecule has 0 aliphatic carbocycles. The molecule has 2 aliphatic heterocycles. The van der Waals surface area contributed by atoms with Gasteiger partial charge in [0.05, 0.1) is 0 Å². The smallest absolute Gasteiger partial charge is 0.225 e. The van der Waals surface area contributed by atoms with Crippen molar-refractivity contribution in [2.24, 2.45) is 5.92 Å². The molecule has 2 aromatic rings. The van der Waals surface area contributed by atoms with E-state index in [-0.39, 0.29) is 11.8 Å². The van der Waals surface area contributed by atoms with Crippen LogP contribution in [0.5, 0.6) is 0 Å². The number of aryl methyl sites for hydroxylation is 2. The number of piperazine rings is 1. The fraction of sp³-hybridized carbons (Fsp3) is 0.524. The van der Waals surface area contributed by atoms with Crippen LogP contribution in [-0.4, -0.2) is 65.2 Å². The number of carbonyl (C=O) groups is 1. The Labute approximate surface area is 171 Å². The number of carbonyl (C=O) groups excluding carboxylic acids is 1. The Bertz CT molecular complexity index is 860. The lowest BCUT2D eigenvalue weighted by Gasteiger charge is -2.37. The van der Waals surface area contributed by atoms with Gasteiger partial charge in [-0.3, -0.25) is 4.79 Å². The molecule has 154 valence electrons. The predicted octanol–water partition coefficient (Wildman–Crippen LogP) is 2.31. The molecule has 2 aromatic heterocycles. The second-order valence-electron chi connectivity index (χ2n) is 7.70. The second kappa shape index (κ2) is 8.73. The zero-order valence-electron chi connectivity index (χ0n) is 17.1. The fourth-order valence-electron chi connectivity index (χ4n) is 3.87. The molecular formula is C21H28N6O2. The minimum Gasteiger partial charge on any atom is -0.381 e. The standard InChI is InChI=1S/C21H28N6O2/c1-15-3-6-22-18(13-15)25-19-14-20(24-16(2)23-19)26-7-9-27(10-8-26)21(28)17-4-11-29-12-5-17/h3,6,13-14,17H,4-5,7-12H2,1-2H3,(H,22,23,24,25). The first-order valence-corrected chi connectivity index (χ1v) is 10.3. The summed E-state index contributed by atoms with van der Waals surface area (Å²) in [5, 5.41) is 3.27. The van der Waals surface area contributed by atoms with Crippen LogP contribution in [0.4, 0.5) is 17.5 Å². The SMILES string of the molecule is Cc1ccnc(Nc2cc(N3CCN(C(=O)C4CCOCC4)CC3)nc(C)n2)c1. The lowest BCUT2D eigenvalue weighted by molar-refractivity contribution is -0.138. The molecule has 8 nitrogen and oxygen atoms in total. The van der Waals surface area contributed by atoms with Gasteiger partial charge in [0.1, 0.15) is 23.3 Å². The number of amides is 1. The Kier molecular flexibility index (Phi) is 5.89. The molecule has 2 fully saturated rings. The highest BCUT2D eigenvalue weighted by Gasteiger charge is 2.29. The van der Waals surface area contributed by atoms with E-state index in [0.717, 1.165) is 62.0 Å². The summed E-state index contributed by atoms with van der Waals surface area (Å²) < 4.78 is 5.38. The highest BCUT2D eigenvalue weighted by Crippen LogP contribution is 2.22. The largest absolute Gasteiger partial charge is 0.381 e. The molecule has 0 aromatic carbocycles. The van der Waals surface area contributed by atoms with E-state index in [4.69, 9.17) is 4.74 Å². The van der Waals surface area contributed by atoms with Crippen molar-refractivity contribution in [1.82, 2.24) is 19.9 Å². The number of nitrogens with one attached hydrogen (secondary N) is 1. The van der Waals surface area contributed by atoms with Crippen LogP contribution in [0, 0.1) is 19.8 Å². The third-order valence-corrected chi connectivity index (χ3v) is 5.48. The number of hydrogen-bond acceptors (Lipinski definition) is 7. The van der Waals surface area contributed by atoms with Crippen LogP contribution < -0.4 is 10.2 Å². The molecule has 0 radical (unpaired) electrons. The van der Waals surface area contributed by atoms with Crippen LogP contribution in [0.1, 0.15) is 24.2 Å². The molecule has 4 rings (SSSR count). The van der Waals surface area contributed by atoms with Crippen LogP contribution in [-0.2, 0) is 9.53 Å². The maximum absolute atomic E-state index is 12.7. The summed E-state index contributed by atoms with van der Waals surface area (Å²) in [7, 11) is 0. The normalized spacial score (nSPS) is 18.0. The number of nitrogens with zero attached hydrogens (tertiary/aromatic N) is 5. The number of rotatable bonds is 4. The zero-order chi connectivity index (χ0) is 20.2. The molecule has 2 aliphatic rings. The van der Waals surface area contributed by atoms with Gasteiger partial charge in [0.25, 0.3) is 0 Å². The van der Waals surface area contributed by atoms with Crippen molar-refractivity contribution in [2.75, 3.05) is 49.6 Å². The maximum Gasteiger partial charge on any atom is 0.225 e. The van der Waals surface area contributed by atoms with Gasteiger partial charge in [0, 0.05) is 57.6 Å². The molecule has 0 atom stereocenters. The molecular weight excluding hydrogens is 368 g/mol. The lowest BCUT2D eigenvalue weighted by Crippen LogP contribution is -2.51. The molecule has 1 N–H and O–H groups in total. The molecule has 1 amide bonds. The molecule has 29 heavy (non-hydrogen) atoms. The lowest BCUT2D eigenvalue weighted by atomic mass is 9.98. The van der Waals surface area contributed by atoms with E-state index in [1.54, 1.807) is 6.20 Å². The van der Waals surface area contributed by atoms with Crippen molar-refractivity contribution in [3.05, 3.63) is 35.8 Å². The average Bonchev–Trinajstić information content (AvgIpc) is 2.73. The van der Waals surface area contributed by atoms with Gasteiger partial charge < -0.3 is 19.9 Å². The van der Waals surface area contributed by atoms with E-state index in [1.165, 1.54) is 0 Å². The number of anilines is 3. The van der Waals surface area contributed by atoms with E-state index in [2.05, 4.69) is 25.2 Å². The van der Waals surface area contributed by atoms with Crippen LogP contribution in [0.2, 0.25) is 0 Å². The molecule has 0 spiro atoms. The predicted molar refractivity (Wildman–Crippen MR) is 111 cm³/mol. The highest BCUT2D eigenvalue weighted by atomic mass is 16.5. The Morgan fingerprint density at radius 2 is 1.83 bits per heavy atom. The summed E-state index contributed by atoms with van der Waals surface area (Å²) in [4.78, 5) is 30.4. The first-order valence-electron chi connectivity index (χ1n) is 10.3. The van der Waals surface area contributed by atoms with Crippen molar-refractivity contribution >= 4 is 23.4 Å². The Balaban J connectivity index is 1.40. The molecule has 0 unspecified atom stereocenters. The van der Waals surface area contributed by atoms with Crippen molar-refractivity contribution in [3.63, 3.8) is 0 Å². The van der Waals surface area contributed by atoms with Crippen LogP contribution >= 0.6 is 0 Å². The second-order valence-corrected chi connectivity index (χ2v) is 7.70. The topological polar surface area (TPSA) is 83.5 Å². The summed E-state index contributed by atoms with van der Waals surface area (Å²) in [6, 6.07) is 5.90. The maximum atomic E-state index is 12.7. The highest BCUT2D eigenvalue weighted by molar-refractivity contribution is 5.79. The van der Waals surface area contributed by atoms with Gasteiger partial charge in [-0.2, -0.15) is 0 Å². The Hall–Kier alpha value is -2.74. The molecule has 4 heterocycles. The van der Waals surface area contributed by atoms with E-state index >= 15 is 0 Å². The summed E-state index contributed by atoms with van der Waals surface area (Å²) >= 11 is 0. The van der Waals surface area contributed by atoms with Gasteiger partial charge in [0.15, 0.2) is 0 Å². The van der Waals surface area contributed by atoms with Gasteiger partial charge in [-0.05, 0) is 44.4 Å². The van der Waals surface area contributed by atoms with E-state index in [1.807, 2.05) is 36.9 Å². The first-order chi connectivity index (χ1) is 14.1. The average molecular weight is 396 g/mol.